The molecule has 118 valence electrons. The Morgan fingerprint density at radius 1 is 1.22 bits per heavy atom. The average molecular weight is 309 g/mol. The number of aromatic carboxylic acids is 1. The fraction of sp³-hybridized carbons (Fsp3) is 0.211. The van der Waals surface area contributed by atoms with Crippen LogP contribution in [-0.4, -0.2) is 15.6 Å². The summed E-state index contributed by atoms with van der Waals surface area (Å²) >= 11 is 0. The molecule has 0 saturated carbocycles. The standard InChI is InChI=1S/C19H19NO3/c1-3-20-11-15(12-23-18-7-5-4-6-13(18)2)16-9-8-14(19(21)22)10-17(16)20/h4-11H,3,12H2,1-2H3,(H,21,22). The van der Waals surface area contributed by atoms with Gasteiger partial charge < -0.3 is 14.4 Å². The Balaban J connectivity index is 1.95. The van der Waals surface area contributed by atoms with E-state index in [0.717, 1.165) is 34.3 Å². The van der Waals surface area contributed by atoms with Crippen LogP contribution < -0.4 is 4.74 Å². The predicted octanol–water partition coefficient (Wildman–Crippen LogP) is 4.25. The van der Waals surface area contributed by atoms with Crippen LogP contribution in [0.25, 0.3) is 10.9 Å². The van der Waals surface area contributed by atoms with Crippen molar-refractivity contribution in [2.45, 2.75) is 27.0 Å². The van der Waals surface area contributed by atoms with Gasteiger partial charge >= 0.3 is 5.97 Å². The fourth-order valence-electron chi connectivity index (χ4n) is 2.75. The molecule has 1 aromatic heterocycles. The van der Waals surface area contributed by atoms with Crippen molar-refractivity contribution in [2.24, 2.45) is 0 Å². The number of aromatic nitrogens is 1. The molecule has 0 bridgehead atoms. The van der Waals surface area contributed by atoms with Gasteiger partial charge in [-0.2, -0.15) is 0 Å². The maximum absolute atomic E-state index is 11.2. The topological polar surface area (TPSA) is 51.5 Å². The number of benzene rings is 2. The Labute approximate surface area is 134 Å². The van der Waals surface area contributed by atoms with E-state index in [4.69, 9.17) is 9.84 Å². The zero-order chi connectivity index (χ0) is 16.4. The maximum Gasteiger partial charge on any atom is 0.335 e. The largest absolute Gasteiger partial charge is 0.489 e. The first-order valence-electron chi connectivity index (χ1n) is 7.63. The first kappa shape index (κ1) is 15.2. The number of fused-ring (bicyclic) bond motifs is 1. The monoisotopic (exact) mass is 309 g/mol. The molecule has 0 radical (unpaired) electrons. The molecule has 2 aromatic carbocycles. The molecule has 0 spiro atoms. The van der Waals surface area contributed by atoms with E-state index in [1.807, 2.05) is 50.4 Å². The van der Waals surface area contributed by atoms with E-state index < -0.39 is 5.97 Å². The van der Waals surface area contributed by atoms with Crippen LogP contribution in [0.5, 0.6) is 5.75 Å². The highest BCUT2D eigenvalue weighted by atomic mass is 16.5. The van der Waals surface area contributed by atoms with Gasteiger partial charge in [0.15, 0.2) is 0 Å². The summed E-state index contributed by atoms with van der Waals surface area (Å²) in [6.45, 7) is 5.30. The van der Waals surface area contributed by atoms with Crippen LogP contribution in [0.2, 0.25) is 0 Å². The summed E-state index contributed by atoms with van der Waals surface area (Å²) in [6.07, 6.45) is 2.04. The van der Waals surface area contributed by atoms with Crippen LogP contribution in [0.3, 0.4) is 0 Å². The van der Waals surface area contributed by atoms with Gasteiger partial charge in [-0.3, -0.25) is 0 Å². The van der Waals surface area contributed by atoms with E-state index in [9.17, 15) is 4.79 Å². The van der Waals surface area contributed by atoms with Crippen molar-refractivity contribution in [2.75, 3.05) is 0 Å². The van der Waals surface area contributed by atoms with Gasteiger partial charge in [-0.15, -0.1) is 0 Å². The lowest BCUT2D eigenvalue weighted by Crippen LogP contribution is -1.97. The van der Waals surface area contributed by atoms with E-state index in [1.54, 1.807) is 12.1 Å². The zero-order valence-corrected chi connectivity index (χ0v) is 13.2. The molecule has 4 heteroatoms. The van der Waals surface area contributed by atoms with Gasteiger partial charge in [0.1, 0.15) is 12.4 Å². The average Bonchev–Trinajstić information content (AvgIpc) is 2.91. The van der Waals surface area contributed by atoms with Crippen molar-refractivity contribution in [3.63, 3.8) is 0 Å². The minimum atomic E-state index is -0.909. The lowest BCUT2D eigenvalue weighted by Gasteiger charge is -2.08. The van der Waals surface area contributed by atoms with E-state index in [0.29, 0.717) is 12.2 Å². The first-order valence-corrected chi connectivity index (χ1v) is 7.63. The molecule has 0 unspecified atom stereocenters. The van der Waals surface area contributed by atoms with Crippen molar-refractivity contribution in [1.29, 1.82) is 0 Å². The summed E-state index contributed by atoms with van der Waals surface area (Å²) < 4.78 is 7.99. The maximum atomic E-state index is 11.2. The number of para-hydroxylation sites is 1. The Bertz CT molecular complexity index is 864. The predicted molar refractivity (Wildman–Crippen MR) is 90.1 cm³/mol. The van der Waals surface area contributed by atoms with Crippen molar-refractivity contribution >= 4 is 16.9 Å². The van der Waals surface area contributed by atoms with Crippen LogP contribution in [0.4, 0.5) is 0 Å². The number of nitrogens with zero attached hydrogens (tertiary/aromatic N) is 1. The molecule has 3 aromatic rings. The zero-order valence-electron chi connectivity index (χ0n) is 13.2. The van der Waals surface area contributed by atoms with Crippen molar-refractivity contribution in [3.05, 3.63) is 65.4 Å². The number of hydrogen-bond donors (Lipinski definition) is 1. The second kappa shape index (κ2) is 6.16. The van der Waals surface area contributed by atoms with Gasteiger partial charge in [0.05, 0.1) is 5.56 Å². The molecule has 0 saturated heterocycles. The highest BCUT2D eigenvalue weighted by Crippen LogP contribution is 2.25. The Morgan fingerprint density at radius 2 is 2.00 bits per heavy atom. The van der Waals surface area contributed by atoms with Crippen LogP contribution in [0.1, 0.15) is 28.4 Å². The molecule has 4 nitrogen and oxygen atoms in total. The van der Waals surface area contributed by atoms with Crippen molar-refractivity contribution in [1.82, 2.24) is 4.57 Å². The number of rotatable bonds is 5. The third-order valence-electron chi connectivity index (χ3n) is 4.03. The van der Waals surface area contributed by atoms with Gasteiger partial charge in [-0.25, -0.2) is 4.79 Å². The van der Waals surface area contributed by atoms with Gasteiger partial charge in [0, 0.05) is 29.2 Å². The van der Waals surface area contributed by atoms with Crippen LogP contribution in [0, 0.1) is 6.92 Å². The molecule has 1 heterocycles. The normalized spacial score (nSPS) is 10.9. The summed E-state index contributed by atoms with van der Waals surface area (Å²) in [5.74, 6) is -0.0412. The number of carboxylic acid groups (broad SMARTS) is 1. The smallest absolute Gasteiger partial charge is 0.335 e. The van der Waals surface area contributed by atoms with Gasteiger partial charge in [0.2, 0.25) is 0 Å². The highest BCUT2D eigenvalue weighted by molar-refractivity contribution is 5.94. The minimum Gasteiger partial charge on any atom is -0.489 e. The molecule has 0 amide bonds. The number of carboxylic acids is 1. The second-order valence-corrected chi connectivity index (χ2v) is 5.53. The molecule has 0 fully saturated rings. The first-order chi connectivity index (χ1) is 11.1. The van der Waals surface area contributed by atoms with Gasteiger partial charge in [-0.1, -0.05) is 24.3 Å². The van der Waals surface area contributed by atoms with Crippen molar-refractivity contribution in [3.8, 4) is 5.75 Å². The highest BCUT2D eigenvalue weighted by Gasteiger charge is 2.12. The third kappa shape index (κ3) is 2.93. The van der Waals surface area contributed by atoms with Gasteiger partial charge in [0.25, 0.3) is 0 Å². The van der Waals surface area contributed by atoms with E-state index >= 15 is 0 Å². The lowest BCUT2D eigenvalue weighted by atomic mass is 10.1. The summed E-state index contributed by atoms with van der Waals surface area (Å²) in [5.41, 5.74) is 3.38. The summed E-state index contributed by atoms with van der Waals surface area (Å²) in [7, 11) is 0. The molecular weight excluding hydrogens is 290 g/mol. The molecule has 0 aliphatic carbocycles. The molecule has 0 aliphatic rings. The molecule has 23 heavy (non-hydrogen) atoms. The molecule has 3 rings (SSSR count). The number of ether oxygens (including phenoxy) is 1. The molecular formula is C19H19NO3. The third-order valence-corrected chi connectivity index (χ3v) is 4.03. The summed E-state index contributed by atoms with van der Waals surface area (Å²) in [4.78, 5) is 11.2. The lowest BCUT2D eigenvalue weighted by molar-refractivity contribution is 0.0697. The molecule has 1 N–H and O–H groups in total. The number of aryl methyl sites for hydroxylation is 2. The van der Waals surface area contributed by atoms with E-state index in [1.165, 1.54) is 0 Å². The summed E-state index contributed by atoms with van der Waals surface area (Å²) in [6, 6.07) is 13.1. The van der Waals surface area contributed by atoms with Crippen LogP contribution in [-0.2, 0) is 13.2 Å². The Hall–Kier alpha value is -2.75. The van der Waals surface area contributed by atoms with Crippen molar-refractivity contribution < 1.29 is 14.6 Å². The Kier molecular flexibility index (Phi) is 4.06. The SMILES string of the molecule is CCn1cc(COc2ccccc2C)c2ccc(C(=O)O)cc21. The quantitative estimate of drug-likeness (QED) is 0.766. The molecule has 0 aliphatic heterocycles. The number of hydrogen-bond acceptors (Lipinski definition) is 2. The van der Waals surface area contributed by atoms with Crippen LogP contribution in [0.15, 0.2) is 48.7 Å². The summed E-state index contributed by atoms with van der Waals surface area (Å²) in [5, 5.41) is 10.2. The second-order valence-electron chi connectivity index (χ2n) is 5.53. The number of carbonyl (C=O) groups is 1. The van der Waals surface area contributed by atoms with E-state index in [2.05, 4.69) is 4.57 Å². The Morgan fingerprint density at radius 3 is 2.70 bits per heavy atom. The molecule has 0 atom stereocenters. The van der Waals surface area contributed by atoms with E-state index in [-0.39, 0.29) is 0 Å². The minimum absolute atomic E-state index is 0.302. The van der Waals surface area contributed by atoms with Crippen LogP contribution >= 0.6 is 0 Å². The fourth-order valence-corrected chi connectivity index (χ4v) is 2.75. The van der Waals surface area contributed by atoms with Gasteiger partial charge in [-0.05, 0) is 37.6 Å².